The Balaban J connectivity index is 1.64. The Kier molecular flexibility index (Phi) is 4.54. The van der Waals surface area contributed by atoms with Crippen molar-refractivity contribution in [3.63, 3.8) is 0 Å². The highest BCUT2D eigenvalue weighted by Crippen LogP contribution is 2.25. The first-order valence-corrected chi connectivity index (χ1v) is 7.23. The molecule has 118 valence electrons. The molecule has 0 aliphatic carbocycles. The summed E-state index contributed by atoms with van der Waals surface area (Å²) in [4.78, 5) is 0. The zero-order valence-electron chi connectivity index (χ0n) is 11.6. The molecule has 23 heavy (non-hydrogen) atoms. The molecule has 0 amide bonds. The predicted octanol–water partition coefficient (Wildman–Crippen LogP) is 3.79. The molecule has 0 aliphatic heterocycles. The van der Waals surface area contributed by atoms with E-state index in [1.54, 1.807) is 12.1 Å². The molecule has 0 spiro atoms. The molecule has 3 rings (SSSR count). The van der Waals surface area contributed by atoms with E-state index in [0.717, 1.165) is 0 Å². The van der Waals surface area contributed by atoms with Gasteiger partial charge in [0.1, 0.15) is 36.0 Å². The largest absolute Gasteiger partial charge is 0.484 e. The van der Waals surface area contributed by atoms with Gasteiger partial charge in [-0.2, -0.15) is 14.9 Å². The molecule has 0 unspecified atom stereocenters. The summed E-state index contributed by atoms with van der Waals surface area (Å²) in [5.74, 6) is 1.06. The van der Waals surface area contributed by atoms with E-state index in [4.69, 9.17) is 33.0 Å². The summed E-state index contributed by atoms with van der Waals surface area (Å²) in [6.45, 7) is 0.157. The first-order valence-electron chi connectivity index (χ1n) is 6.45. The molecule has 0 saturated heterocycles. The lowest BCUT2D eigenvalue weighted by atomic mass is 10.3. The number of nitrogens with one attached hydrogen (secondary N) is 1. The third-order valence-corrected chi connectivity index (χ3v) is 3.36. The molecule has 0 bridgehead atoms. The number of H-pyrrole nitrogens is 1. The van der Waals surface area contributed by atoms with Crippen molar-refractivity contribution in [1.82, 2.24) is 14.9 Å². The molecule has 0 fully saturated rings. The Hall–Kier alpha value is -2.45. The van der Waals surface area contributed by atoms with E-state index in [2.05, 4.69) is 15.3 Å². The van der Waals surface area contributed by atoms with Gasteiger partial charge in [-0.25, -0.2) is 4.39 Å². The summed E-state index contributed by atoms with van der Waals surface area (Å²) < 4.78 is 25.8. The molecule has 2 aromatic heterocycles. The Bertz CT molecular complexity index is 902. The van der Waals surface area contributed by atoms with E-state index < -0.39 is 5.82 Å². The van der Waals surface area contributed by atoms with E-state index in [1.165, 1.54) is 35.4 Å². The van der Waals surface area contributed by atoms with Crippen molar-refractivity contribution in [2.45, 2.75) is 6.61 Å². The molecule has 0 radical (unpaired) electrons. The first kappa shape index (κ1) is 15.4. The van der Waals surface area contributed by atoms with E-state index >= 15 is 0 Å². The van der Waals surface area contributed by atoms with Crippen LogP contribution in [0, 0.1) is 10.6 Å². The summed E-state index contributed by atoms with van der Waals surface area (Å²) in [5.41, 5.74) is 0. The minimum atomic E-state index is -0.420. The lowest BCUT2D eigenvalue weighted by Crippen LogP contribution is -1.94. The average Bonchev–Trinajstić information content (AvgIpc) is 3.13. The van der Waals surface area contributed by atoms with E-state index in [1.807, 2.05) is 0 Å². The topological polar surface area (TPSA) is 68.3 Å². The highest BCUT2D eigenvalue weighted by atomic mass is 35.5. The Morgan fingerprint density at radius 2 is 2.30 bits per heavy atom. The van der Waals surface area contributed by atoms with Gasteiger partial charge in [-0.1, -0.05) is 11.6 Å². The third kappa shape index (κ3) is 3.85. The number of furan rings is 1. The Labute approximate surface area is 140 Å². The smallest absolute Gasteiger partial charge is 0.216 e. The first-order chi connectivity index (χ1) is 11.1. The van der Waals surface area contributed by atoms with Gasteiger partial charge in [0.25, 0.3) is 0 Å². The zero-order valence-corrected chi connectivity index (χ0v) is 13.1. The minimum absolute atomic E-state index is 0.157. The van der Waals surface area contributed by atoms with Gasteiger partial charge in [-0.05, 0) is 42.5 Å². The van der Waals surface area contributed by atoms with Crippen LogP contribution in [0.2, 0.25) is 5.02 Å². The summed E-state index contributed by atoms with van der Waals surface area (Å²) in [7, 11) is 0. The lowest BCUT2D eigenvalue weighted by molar-refractivity contribution is 0.269. The Morgan fingerprint density at radius 3 is 3.04 bits per heavy atom. The summed E-state index contributed by atoms with van der Waals surface area (Å²) in [6.07, 6.45) is 2.95. The predicted molar refractivity (Wildman–Crippen MR) is 84.9 cm³/mol. The van der Waals surface area contributed by atoms with Crippen LogP contribution < -0.4 is 4.74 Å². The fourth-order valence-corrected chi connectivity index (χ4v) is 2.10. The van der Waals surface area contributed by atoms with Gasteiger partial charge in [0.05, 0.1) is 11.2 Å². The maximum absolute atomic E-state index is 13.0. The van der Waals surface area contributed by atoms with E-state index in [0.29, 0.717) is 22.0 Å². The van der Waals surface area contributed by atoms with Crippen LogP contribution in [0.25, 0.3) is 0 Å². The number of hydrogen-bond donors (Lipinski definition) is 1. The molecule has 0 atom stereocenters. The fraction of sp³-hybridized carbons (Fsp3) is 0.0714. The molecule has 1 N–H and O–H groups in total. The number of aromatic amines is 1. The van der Waals surface area contributed by atoms with Gasteiger partial charge in [0, 0.05) is 0 Å². The molecule has 3 aromatic rings. The number of ether oxygens (including phenoxy) is 1. The van der Waals surface area contributed by atoms with Gasteiger partial charge in [0.2, 0.25) is 4.77 Å². The summed E-state index contributed by atoms with van der Waals surface area (Å²) in [5, 5.41) is 10.6. The highest BCUT2D eigenvalue weighted by Gasteiger charge is 2.06. The molecular formula is C14H10ClFN4O2S. The normalized spacial score (nSPS) is 11.2. The van der Waals surface area contributed by atoms with Crippen LogP contribution in [0.3, 0.4) is 0 Å². The van der Waals surface area contributed by atoms with Crippen LogP contribution >= 0.6 is 23.8 Å². The molecule has 1 aromatic carbocycles. The standard InChI is InChI=1S/C14H10ClFN4O2S/c15-12-5-9(16)1-4-13(12)21-7-11-3-2-10(22-11)6-18-20-8-17-19-14(20)23/h1-6,8H,7H2,(H,19,23). The van der Waals surface area contributed by atoms with Crippen LogP contribution in [0.4, 0.5) is 4.39 Å². The molecular weight excluding hydrogens is 343 g/mol. The van der Waals surface area contributed by atoms with Gasteiger partial charge in [-0.3, -0.25) is 5.10 Å². The molecule has 6 nitrogen and oxygen atoms in total. The zero-order chi connectivity index (χ0) is 16.2. The summed E-state index contributed by atoms with van der Waals surface area (Å²) >= 11 is 10.8. The van der Waals surface area contributed by atoms with E-state index in [9.17, 15) is 4.39 Å². The highest BCUT2D eigenvalue weighted by molar-refractivity contribution is 7.71. The second kappa shape index (κ2) is 6.76. The second-order valence-electron chi connectivity index (χ2n) is 4.42. The van der Waals surface area contributed by atoms with Crippen molar-refractivity contribution in [2.24, 2.45) is 5.10 Å². The number of nitrogens with zero attached hydrogens (tertiary/aromatic N) is 3. The minimum Gasteiger partial charge on any atom is -0.484 e. The van der Waals surface area contributed by atoms with Gasteiger partial charge in [-0.15, -0.1) is 0 Å². The Morgan fingerprint density at radius 1 is 1.43 bits per heavy atom. The van der Waals surface area contributed by atoms with Gasteiger partial charge < -0.3 is 9.15 Å². The van der Waals surface area contributed by atoms with Crippen molar-refractivity contribution >= 4 is 30.0 Å². The van der Waals surface area contributed by atoms with Crippen molar-refractivity contribution in [1.29, 1.82) is 0 Å². The molecule has 2 heterocycles. The summed E-state index contributed by atoms with van der Waals surface area (Å²) in [6, 6.07) is 7.40. The molecule has 9 heteroatoms. The number of aromatic nitrogens is 3. The number of halogens is 2. The molecule has 0 aliphatic rings. The number of rotatable bonds is 5. The van der Waals surface area contributed by atoms with Crippen LogP contribution in [0.1, 0.15) is 11.5 Å². The van der Waals surface area contributed by atoms with E-state index in [-0.39, 0.29) is 11.6 Å². The number of hydrogen-bond acceptors (Lipinski definition) is 5. The second-order valence-corrected chi connectivity index (χ2v) is 5.21. The third-order valence-electron chi connectivity index (χ3n) is 2.79. The molecule has 0 saturated carbocycles. The van der Waals surface area contributed by atoms with Crippen molar-refractivity contribution in [3.05, 3.63) is 63.8 Å². The maximum atomic E-state index is 13.0. The van der Waals surface area contributed by atoms with Gasteiger partial charge in [0.15, 0.2) is 0 Å². The van der Waals surface area contributed by atoms with Crippen LogP contribution in [-0.2, 0) is 6.61 Å². The van der Waals surface area contributed by atoms with Crippen LogP contribution in [0.5, 0.6) is 5.75 Å². The number of benzene rings is 1. The van der Waals surface area contributed by atoms with Crippen LogP contribution in [-0.4, -0.2) is 21.1 Å². The fourth-order valence-electron chi connectivity index (χ4n) is 1.73. The van der Waals surface area contributed by atoms with Crippen molar-refractivity contribution < 1.29 is 13.5 Å². The van der Waals surface area contributed by atoms with Gasteiger partial charge >= 0.3 is 0 Å². The monoisotopic (exact) mass is 352 g/mol. The lowest BCUT2D eigenvalue weighted by Gasteiger charge is -2.05. The average molecular weight is 353 g/mol. The van der Waals surface area contributed by atoms with Crippen molar-refractivity contribution in [3.8, 4) is 5.75 Å². The quantitative estimate of drug-likeness (QED) is 0.560. The maximum Gasteiger partial charge on any atom is 0.216 e. The van der Waals surface area contributed by atoms with Crippen LogP contribution in [0.15, 0.2) is 46.2 Å². The SMILES string of the molecule is Fc1ccc(OCc2ccc(C=Nn3cn[nH]c3=S)o2)c(Cl)c1. The van der Waals surface area contributed by atoms with Crippen molar-refractivity contribution in [2.75, 3.05) is 0 Å².